The van der Waals surface area contributed by atoms with Gasteiger partial charge >= 0.3 is 5.63 Å². The number of carbonyl (C=O) groups excluding carboxylic acids is 5. The number of anilines is 1. The molecule has 1 heterocycles. The fourth-order valence-corrected chi connectivity index (χ4v) is 4.61. The Hall–Kier alpha value is -4.64. The van der Waals surface area contributed by atoms with Crippen LogP contribution in [0.5, 0.6) is 0 Å². The van der Waals surface area contributed by atoms with E-state index < -0.39 is 47.3 Å². The third-order valence-electron chi connectivity index (χ3n) is 6.77. The number of aryl methyl sites for hydroxylation is 1. The molecule has 3 amide bonds. The number of hydrogen-bond acceptors (Lipinski definition) is 8. The van der Waals surface area contributed by atoms with Crippen molar-refractivity contribution in [3.05, 3.63) is 75.1 Å². The fourth-order valence-electron chi connectivity index (χ4n) is 4.61. The summed E-state index contributed by atoms with van der Waals surface area (Å²) >= 11 is 0. The van der Waals surface area contributed by atoms with Crippen LogP contribution in [0.1, 0.15) is 58.5 Å². The second kappa shape index (κ2) is 11.6. The lowest BCUT2D eigenvalue weighted by Gasteiger charge is -2.22. The van der Waals surface area contributed by atoms with Crippen molar-refractivity contribution < 1.29 is 28.4 Å². The van der Waals surface area contributed by atoms with Crippen molar-refractivity contribution >= 4 is 45.9 Å². The van der Waals surface area contributed by atoms with Crippen LogP contribution in [0.4, 0.5) is 5.69 Å². The summed E-state index contributed by atoms with van der Waals surface area (Å²) in [5, 5.41) is 8.23. The van der Waals surface area contributed by atoms with E-state index in [9.17, 15) is 28.8 Å². The quantitative estimate of drug-likeness (QED) is 0.309. The first-order valence-electron chi connectivity index (χ1n) is 12.8. The summed E-state index contributed by atoms with van der Waals surface area (Å²) in [5.74, 6) is -2.49. The van der Waals surface area contributed by atoms with Gasteiger partial charge in [0.1, 0.15) is 23.2 Å². The molecule has 1 aromatic heterocycles. The number of Topliss-reactive ketones (excluding diaryl/α,β-unsaturated/α-hetero) is 2. The highest BCUT2D eigenvalue weighted by Gasteiger charge is 2.28. The Morgan fingerprint density at radius 1 is 0.925 bits per heavy atom. The molecule has 0 saturated carbocycles. The number of carbonyl (C=O) groups is 5. The number of benzene rings is 2. The Morgan fingerprint density at radius 3 is 2.27 bits per heavy atom. The summed E-state index contributed by atoms with van der Waals surface area (Å²) in [6.45, 7) is 4.55. The van der Waals surface area contributed by atoms with E-state index in [0.29, 0.717) is 10.9 Å². The third-order valence-corrected chi connectivity index (χ3v) is 6.77. The van der Waals surface area contributed by atoms with Gasteiger partial charge in [0.25, 0.3) is 0 Å². The number of nitrogens with two attached hydrogens (primary N) is 1. The van der Waals surface area contributed by atoms with Gasteiger partial charge in [-0.2, -0.15) is 0 Å². The molecule has 208 valence electrons. The summed E-state index contributed by atoms with van der Waals surface area (Å²) in [6.07, 6.45) is -0.0926. The van der Waals surface area contributed by atoms with Gasteiger partial charge in [0.05, 0.1) is 6.04 Å². The minimum absolute atomic E-state index is 0.0537. The number of hydrogen-bond donors (Lipinski definition) is 4. The Balaban J connectivity index is 1.66. The van der Waals surface area contributed by atoms with E-state index >= 15 is 0 Å². The van der Waals surface area contributed by atoms with E-state index in [-0.39, 0.29) is 47.4 Å². The highest BCUT2D eigenvalue weighted by molar-refractivity contribution is 6.15. The highest BCUT2D eigenvalue weighted by atomic mass is 16.4. The Morgan fingerprint density at radius 2 is 1.60 bits per heavy atom. The molecule has 11 nitrogen and oxygen atoms in total. The second-order valence-corrected chi connectivity index (χ2v) is 9.89. The van der Waals surface area contributed by atoms with Crippen LogP contribution in [-0.4, -0.2) is 47.4 Å². The second-order valence-electron chi connectivity index (χ2n) is 9.89. The zero-order chi connectivity index (χ0) is 29.1. The minimum Gasteiger partial charge on any atom is -0.422 e. The minimum atomic E-state index is -1.06. The van der Waals surface area contributed by atoms with Gasteiger partial charge in [-0.15, -0.1) is 0 Å². The van der Waals surface area contributed by atoms with E-state index in [1.807, 2.05) is 6.07 Å². The Kier molecular flexibility index (Phi) is 8.24. The lowest BCUT2D eigenvalue weighted by atomic mass is 9.90. The molecule has 3 aromatic rings. The number of nitrogens with one attached hydrogen (secondary N) is 3. The standard InChI is InChI=1S/C29H30N4O7/c1-14-24-19-12-18(13-23(24)40-29(39)25(14)22(35)10-9-21(19)34)32-28(38)20(11-17-7-5-4-6-8-17)33-27(37)16(3)31-26(36)15(2)30/h4-8,12-13,15-16,20H,9-11,30H2,1-3H3,(H,31,36)(H,32,38)(H,33,37)/t15-,16-,20-/m0/s1. The predicted octanol–water partition coefficient (Wildman–Crippen LogP) is 1.78. The van der Waals surface area contributed by atoms with Crippen molar-refractivity contribution in [2.45, 2.75) is 58.2 Å². The molecule has 0 radical (unpaired) electrons. The van der Waals surface area contributed by atoms with Crippen LogP contribution in [-0.2, 0) is 20.8 Å². The molecular formula is C29H30N4O7. The van der Waals surface area contributed by atoms with E-state index in [2.05, 4.69) is 16.0 Å². The zero-order valence-corrected chi connectivity index (χ0v) is 22.3. The molecule has 2 aromatic carbocycles. The topological polar surface area (TPSA) is 178 Å². The molecule has 40 heavy (non-hydrogen) atoms. The maximum absolute atomic E-state index is 13.5. The molecule has 0 fully saturated rings. The van der Waals surface area contributed by atoms with Crippen molar-refractivity contribution in [2.24, 2.45) is 5.73 Å². The third kappa shape index (κ3) is 5.99. The van der Waals surface area contributed by atoms with Crippen LogP contribution in [0, 0.1) is 6.92 Å². The molecule has 0 spiro atoms. The van der Waals surface area contributed by atoms with Crippen LogP contribution < -0.4 is 27.3 Å². The number of amides is 3. The molecule has 1 aliphatic rings. The van der Waals surface area contributed by atoms with Gasteiger partial charge < -0.3 is 26.1 Å². The first-order valence-corrected chi connectivity index (χ1v) is 12.8. The van der Waals surface area contributed by atoms with Gasteiger partial charge in [0, 0.05) is 42.0 Å². The van der Waals surface area contributed by atoms with Crippen LogP contribution >= 0.6 is 0 Å². The van der Waals surface area contributed by atoms with Crippen LogP contribution in [0.2, 0.25) is 0 Å². The lowest BCUT2D eigenvalue weighted by molar-refractivity contribution is -0.130. The Bertz CT molecular complexity index is 1580. The normalized spacial score (nSPS) is 15.1. The van der Waals surface area contributed by atoms with E-state index in [0.717, 1.165) is 5.56 Å². The predicted molar refractivity (Wildman–Crippen MR) is 147 cm³/mol. The molecule has 4 rings (SSSR count). The van der Waals surface area contributed by atoms with Gasteiger partial charge in [-0.3, -0.25) is 24.0 Å². The monoisotopic (exact) mass is 546 g/mol. The first-order chi connectivity index (χ1) is 19.0. The maximum atomic E-state index is 13.5. The molecule has 5 N–H and O–H groups in total. The van der Waals surface area contributed by atoms with Crippen molar-refractivity contribution in [2.75, 3.05) is 5.32 Å². The zero-order valence-electron chi connectivity index (χ0n) is 22.3. The van der Waals surface area contributed by atoms with Gasteiger partial charge in [0.2, 0.25) is 17.7 Å². The Labute approximate surface area is 229 Å². The van der Waals surface area contributed by atoms with Crippen LogP contribution in [0.15, 0.2) is 51.7 Å². The van der Waals surface area contributed by atoms with Gasteiger partial charge in [-0.05, 0) is 38.0 Å². The average Bonchev–Trinajstić information content (AvgIpc) is 2.90. The van der Waals surface area contributed by atoms with E-state index in [1.54, 1.807) is 31.2 Å². The summed E-state index contributed by atoms with van der Waals surface area (Å²) in [7, 11) is 0. The van der Waals surface area contributed by atoms with Gasteiger partial charge in [0.15, 0.2) is 11.6 Å². The lowest BCUT2D eigenvalue weighted by Crippen LogP contribution is -2.54. The molecule has 3 atom stereocenters. The molecular weight excluding hydrogens is 516 g/mol. The number of rotatable bonds is 8. The summed E-state index contributed by atoms with van der Waals surface area (Å²) in [5.41, 5.74) is 6.26. The van der Waals surface area contributed by atoms with Crippen LogP contribution in [0.25, 0.3) is 11.0 Å². The number of ketones is 2. The van der Waals surface area contributed by atoms with Gasteiger partial charge in [-0.1, -0.05) is 30.3 Å². The van der Waals surface area contributed by atoms with Crippen LogP contribution in [0.3, 0.4) is 0 Å². The van der Waals surface area contributed by atoms with E-state index in [4.69, 9.17) is 10.2 Å². The summed E-state index contributed by atoms with van der Waals surface area (Å²) < 4.78 is 5.39. The van der Waals surface area contributed by atoms with Crippen molar-refractivity contribution in [3.8, 4) is 0 Å². The molecule has 0 aliphatic heterocycles. The maximum Gasteiger partial charge on any atom is 0.347 e. The SMILES string of the molecule is Cc1c2c(=O)oc3cc(NC(=O)[C@H](Cc4ccccc4)NC(=O)[C@H](C)NC(=O)[C@H](C)N)cc(c13)C(=O)CCC2=O. The smallest absolute Gasteiger partial charge is 0.347 e. The molecule has 1 aliphatic carbocycles. The molecule has 0 unspecified atom stereocenters. The summed E-state index contributed by atoms with van der Waals surface area (Å²) in [6, 6.07) is 9.05. The van der Waals surface area contributed by atoms with Crippen molar-refractivity contribution in [3.63, 3.8) is 0 Å². The first kappa shape index (κ1) is 28.4. The molecule has 0 saturated heterocycles. The average molecular weight is 547 g/mol. The van der Waals surface area contributed by atoms with Gasteiger partial charge in [-0.25, -0.2) is 4.79 Å². The fraction of sp³-hybridized carbons (Fsp3) is 0.310. The number of fused-ring (bicyclic) bond motifs is 1. The molecule has 2 bridgehead atoms. The van der Waals surface area contributed by atoms with Crippen molar-refractivity contribution in [1.29, 1.82) is 0 Å². The largest absolute Gasteiger partial charge is 0.422 e. The van der Waals surface area contributed by atoms with Crippen molar-refractivity contribution in [1.82, 2.24) is 10.6 Å². The van der Waals surface area contributed by atoms with E-state index in [1.165, 1.54) is 26.0 Å². The molecule has 11 heteroatoms. The highest BCUT2D eigenvalue weighted by Crippen LogP contribution is 2.31. The summed E-state index contributed by atoms with van der Waals surface area (Å²) in [4.78, 5) is 76.3.